The van der Waals surface area contributed by atoms with Crippen molar-refractivity contribution in [2.24, 2.45) is 5.92 Å². The van der Waals surface area contributed by atoms with Crippen LogP contribution >= 0.6 is 31.9 Å². The Hall–Kier alpha value is 0.0400. The van der Waals surface area contributed by atoms with Crippen molar-refractivity contribution < 1.29 is 8.78 Å². The highest BCUT2D eigenvalue weighted by molar-refractivity contribution is 9.10. The Bertz CT molecular complexity index is 366. The van der Waals surface area contributed by atoms with E-state index in [1.165, 1.54) is 12.1 Å². The van der Waals surface area contributed by atoms with Crippen LogP contribution in [0.2, 0.25) is 0 Å². The third kappa shape index (κ3) is 3.27. The van der Waals surface area contributed by atoms with Gasteiger partial charge in [0, 0.05) is 10.4 Å². The minimum absolute atomic E-state index is 0.166. The van der Waals surface area contributed by atoms with Crippen LogP contribution in [0.3, 0.4) is 0 Å². The maximum Gasteiger partial charge on any atom is 0.143 e. The number of hydrogen-bond acceptors (Lipinski definition) is 0. The molecule has 4 heteroatoms. The smallest absolute Gasteiger partial charge is 0.143 e. The Morgan fingerprint density at radius 2 is 1.94 bits per heavy atom. The molecular weight excluding hydrogens is 342 g/mol. The summed E-state index contributed by atoms with van der Waals surface area (Å²) in [5.74, 6) is -0.755. The van der Waals surface area contributed by atoms with Crippen LogP contribution in [0.15, 0.2) is 16.6 Å². The topological polar surface area (TPSA) is 0 Å². The second-order valence-electron chi connectivity index (χ2n) is 3.93. The zero-order valence-corrected chi connectivity index (χ0v) is 12.4. The lowest BCUT2D eigenvalue weighted by atomic mass is 9.96. The predicted octanol–water partition coefficient (Wildman–Crippen LogP) is 5.08. The van der Waals surface area contributed by atoms with E-state index >= 15 is 0 Å². The summed E-state index contributed by atoms with van der Waals surface area (Å²) in [6, 6.07) is 2.69. The van der Waals surface area contributed by atoms with Crippen LogP contribution < -0.4 is 0 Å². The van der Waals surface area contributed by atoms with Crippen molar-refractivity contribution in [2.75, 3.05) is 0 Å². The van der Waals surface area contributed by atoms with Crippen LogP contribution in [0, 0.1) is 17.6 Å². The fourth-order valence-corrected chi connectivity index (χ4v) is 2.17. The minimum atomic E-state index is -0.484. The molecule has 0 aliphatic heterocycles. The molecule has 0 bridgehead atoms. The summed E-state index contributed by atoms with van der Waals surface area (Å²) in [4.78, 5) is 0.283. The van der Waals surface area contributed by atoms with Gasteiger partial charge in [-0.3, -0.25) is 0 Å². The van der Waals surface area contributed by atoms with E-state index in [4.69, 9.17) is 0 Å². The fraction of sp³-hybridized carbons (Fsp3) is 0.500. The van der Waals surface area contributed by atoms with Crippen molar-refractivity contribution in [2.45, 2.75) is 31.5 Å². The zero-order valence-electron chi connectivity index (χ0n) is 9.24. The molecule has 16 heavy (non-hydrogen) atoms. The van der Waals surface area contributed by atoms with Gasteiger partial charge in [0.2, 0.25) is 0 Å². The Labute approximate surface area is 112 Å². The number of rotatable bonds is 4. The lowest BCUT2D eigenvalue weighted by Gasteiger charge is -2.17. The van der Waals surface area contributed by atoms with E-state index in [-0.39, 0.29) is 16.3 Å². The summed E-state index contributed by atoms with van der Waals surface area (Å²) in [5, 5.41) is 0. The van der Waals surface area contributed by atoms with E-state index in [1.54, 1.807) is 0 Å². The molecule has 0 amide bonds. The lowest BCUT2D eigenvalue weighted by Crippen LogP contribution is -2.14. The normalized spacial score (nSPS) is 14.9. The van der Waals surface area contributed by atoms with Crippen LogP contribution in [0.25, 0.3) is 0 Å². The molecule has 0 aromatic heterocycles. The maximum absolute atomic E-state index is 13.7. The second-order valence-corrected chi connectivity index (χ2v) is 5.96. The Morgan fingerprint density at radius 3 is 2.50 bits per heavy atom. The van der Waals surface area contributed by atoms with E-state index in [2.05, 4.69) is 31.9 Å². The van der Waals surface area contributed by atoms with Crippen molar-refractivity contribution in [3.05, 3.63) is 33.8 Å². The average Bonchev–Trinajstić information content (AvgIpc) is 2.28. The SMILES string of the molecule is CCC(Br)C(C)Cc1c(F)ccc(Br)c1F. The molecule has 2 unspecified atom stereocenters. The van der Waals surface area contributed by atoms with Crippen LogP contribution in [-0.2, 0) is 6.42 Å². The molecule has 0 aliphatic carbocycles. The third-order valence-corrected chi connectivity index (χ3v) is 4.83. The molecule has 0 N–H and O–H groups in total. The van der Waals surface area contributed by atoms with Gasteiger partial charge in [-0.1, -0.05) is 29.8 Å². The van der Waals surface area contributed by atoms with Gasteiger partial charge in [-0.05, 0) is 46.8 Å². The van der Waals surface area contributed by atoms with E-state index in [9.17, 15) is 8.78 Å². The molecule has 0 fully saturated rings. The molecule has 0 aliphatic rings. The van der Waals surface area contributed by atoms with E-state index in [0.29, 0.717) is 10.9 Å². The molecule has 0 saturated carbocycles. The number of hydrogen-bond donors (Lipinski definition) is 0. The molecule has 1 rings (SSSR count). The Balaban J connectivity index is 2.92. The number of alkyl halides is 1. The average molecular weight is 356 g/mol. The molecule has 1 aromatic rings. The highest BCUT2D eigenvalue weighted by atomic mass is 79.9. The lowest BCUT2D eigenvalue weighted by molar-refractivity contribution is 0.491. The first-order valence-corrected chi connectivity index (χ1v) is 6.94. The summed E-state index contributed by atoms with van der Waals surface area (Å²) >= 11 is 6.58. The van der Waals surface area contributed by atoms with Gasteiger partial charge in [-0.15, -0.1) is 0 Å². The summed E-state index contributed by atoms with van der Waals surface area (Å²) in [5.41, 5.74) is 0.166. The highest BCUT2D eigenvalue weighted by Crippen LogP contribution is 2.27. The summed E-state index contributed by atoms with van der Waals surface area (Å²) < 4.78 is 27.5. The van der Waals surface area contributed by atoms with Gasteiger partial charge in [0.1, 0.15) is 11.6 Å². The van der Waals surface area contributed by atoms with E-state index in [0.717, 1.165) is 6.42 Å². The molecule has 2 atom stereocenters. The first-order valence-electron chi connectivity index (χ1n) is 5.23. The van der Waals surface area contributed by atoms with Crippen LogP contribution in [0.4, 0.5) is 8.78 Å². The molecule has 0 spiro atoms. The third-order valence-electron chi connectivity index (χ3n) is 2.67. The van der Waals surface area contributed by atoms with E-state index in [1.807, 2.05) is 13.8 Å². The summed E-state index contributed by atoms with van der Waals surface area (Å²) in [6.45, 7) is 4.03. The maximum atomic E-state index is 13.7. The molecule has 0 nitrogen and oxygen atoms in total. The number of benzene rings is 1. The van der Waals surface area contributed by atoms with Crippen molar-refractivity contribution in [3.8, 4) is 0 Å². The Morgan fingerprint density at radius 1 is 1.31 bits per heavy atom. The molecule has 1 aromatic carbocycles. The van der Waals surface area contributed by atoms with Gasteiger partial charge in [0.15, 0.2) is 0 Å². The van der Waals surface area contributed by atoms with Crippen molar-refractivity contribution >= 4 is 31.9 Å². The predicted molar refractivity (Wildman–Crippen MR) is 69.9 cm³/mol. The van der Waals surface area contributed by atoms with Gasteiger partial charge in [-0.25, -0.2) is 8.78 Å². The Kier molecular flexibility index (Phi) is 5.38. The monoisotopic (exact) mass is 354 g/mol. The molecular formula is C12H14Br2F2. The molecule has 0 radical (unpaired) electrons. The van der Waals surface area contributed by atoms with Crippen LogP contribution in [0.1, 0.15) is 25.8 Å². The van der Waals surface area contributed by atoms with Crippen LogP contribution in [0.5, 0.6) is 0 Å². The number of halogens is 4. The van der Waals surface area contributed by atoms with E-state index < -0.39 is 11.6 Å². The van der Waals surface area contributed by atoms with Crippen LogP contribution in [-0.4, -0.2) is 4.83 Å². The first kappa shape index (κ1) is 14.1. The van der Waals surface area contributed by atoms with Gasteiger partial charge in [-0.2, -0.15) is 0 Å². The van der Waals surface area contributed by atoms with Gasteiger partial charge < -0.3 is 0 Å². The highest BCUT2D eigenvalue weighted by Gasteiger charge is 2.18. The van der Waals surface area contributed by atoms with Crippen molar-refractivity contribution in [3.63, 3.8) is 0 Å². The van der Waals surface area contributed by atoms with Crippen molar-refractivity contribution in [1.82, 2.24) is 0 Å². The van der Waals surface area contributed by atoms with Crippen molar-refractivity contribution in [1.29, 1.82) is 0 Å². The first-order chi connectivity index (χ1) is 7.47. The minimum Gasteiger partial charge on any atom is -0.207 e. The van der Waals surface area contributed by atoms with Gasteiger partial charge in [0.05, 0.1) is 4.47 Å². The largest absolute Gasteiger partial charge is 0.207 e. The molecule has 0 saturated heterocycles. The fourth-order valence-electron chi connectivity index (χ4n) is 1.61. The summed E-state index contributed by atoms with van der Waals surface area (Å²) in [7, 11) is 0. The molecule has 90 valence electrons. The van der Waals surface area contributed by atoms with Gasteiger partial charge in [0.25, 0.3) is 0 Å². The standard InChI is InChI=1S/C12H14Br2F2/c1-3-9(13)7(2)6-8-11(15)5-4-10(14)12(8)16/h4-5,7,9H,3,6H2,1-2H3. The zero-order chi connectivity index (χ0) is 12.3. The molecule has 0 heterocycles. The summed E-state index contributed by atoms with van der Waals surface area (Å²) in [6.07, 6.45) is 1.35. The quantitative estimate of drug-likeness (QED) is 0.522. The van der Waals surface area contributed by atoms with Gasteiger partial charge >= 0.3 is 0 Å². The second kappa shape index (κ2) is 6.10.